The van der Waals surface area contributed by atoms with E-state index in [0.717, 1.165) is 16.8 Å². The van der Waals surface area contributed by atoms with Gasteiger partial charge < -0.3 is 19.1 Å². The number of aliphatic carboxylic acids is 1. The van der Waals surface area contributed by atoms with Gasteiger partial charge >= 0.3 is 5.97 Å². The van der Waals surface area contributed by atoms with Crippen LogP contribution in [0, 0.1) is 13.8 Å². The normalized spacial score (nSPS) is 11.4. The van der Waals surface area contributed by atoms with Crippen LogP contribution in [0.25, 0.3) is 11.5 Å². The maximum absolute atomic E-state index is 10.6. The molecule has 0 saturated carbocycles. The van der Waals surface area contributed by atoms with E-state index >= 15 is 0 Å². The zero-order valence-electron chi connectivity index (χ0n) is 17.2. The quantitative estimate of drug-likeness (QED) is 0.405. The van der Waals surface area contributed by atoms with Crippen LogP contribution in [0.5, 0.6) is 5.75 Å². The monoisotopic (exact) mass is 408 g/mol. The van der Waals surface area contributed by atoms with E-state index in [0.29, 0.717) is 29.5 Å². The highest BCUT2D eigenvalue weighted by Crippen LogP contribution is 2.22. The van der Waals surface area contributed by atoms with Gasteiger partial charge in [-0.2, -0.15) is 0 Å². The van der Waals surface area contributed by atoms with E-state index in [1.54, 1.807) is 12.1 Å². The molecule has 0 aliphatic carbocycles. The van der Waals surface area contributed by atoms with Gasteiger partial charge in [0, 0.05) is 5.56 Å². The molecule has 7 heteroatoms. The highest BCUT2D eigenvalue weighted by Gasteiger charge is 2.12. The summed E-state index contributed by atoms with van der Waals surface area (Å²) in [6.45, 7) is 5.69. The zero-order valence-corrected chi connectivity index (χ0v) is 17.2. The maximum atomic E-state index is 10.6. The van der Waals surface area contributed by atoms with Gasteiger partial charge in [0.05, 0.1) is 5.71 Å². The van der Waals surface area contributed by atoms with Crippen molar-refractivity contribution in [3.63, 3.8) is 0 Å². The van der Waals surface area contributed by atoms with Crippen LogP contribution in [0.3, 0.4) is 0 Å². The summed E-state index contributed by atoms with van der Waals surface area (Å²) in [7, 11) is 0. The second-order valence-corrected chi connectivity index (χ2v) is 6.76. The molecule has 1 N–H and O–H groups in total. The Morgan fingerprint density at radius 3 is 2.43 bits per heavy atom. The molecule has 0 radical (unpaired) electrons. The van der Waals surface area contributed by atoms with Gasteiger partial charge in [0.2, 0.25) is 5.89 Å². The standard InChI is InChI=1S/C23H24N2O5/c1-4-20(17-9-11-19(12-10-17)28-14-22(26)27)25-29-13-21-16(3)30-23(24-21)18-7-5-15(2)6-8-18/h5-12H,4,13-14H2,1-3H3,(H,26,27). The third-order valence-corrected chi connectivity index (χ3v) is 4.45. The van der Waals surface area contributed by atoms with E-state index in [1.807, 2.05) is 57.2 Å². The lowest BCUT2D eigenvalue weighted by molar-refractivity contribution is -0.139. The SMILES string of the molecule is CCC(=NOCc1nc(-c2ccc(C)cc2)oc1C)c1ccc(OCC(=O)O)cc1. The Morgan fingerprint density at radius 1 is 1.10 bits per heavy atom. The number of carboxylic acids is 1. The lowest BCUT2D eigenvalue weighted by Crippen LogP contribution is -2.09. The number of hydrogen-bond donors (Lipinski definition) is 1. The van der Waals surface area contributed by atoms with Gasteiger partial charge in [-0.3, -0.25) is 0 Å². The summed E-state index contributed by atoms with van der Waals surface area (Å²) in [5, 5.41) is 12.9. The van der Waals surface area contributed by atoms with Crippen LogP contribution in [-0.4, -0.2) is 28.4 Å². The van der Waals surface area contributed by atoms with Gasteiger partial charge in [0.15, 0.2) is 13.2 Å². The minimum atomic E-state index is -1.02. The van der Waals surface area contributed by atoms with E-state index < -0.39 is 5.97 Å². The molecule has 0 saturated heterocycles. The van der Waals surface area contributed by atoms with Gasteiger partial charge in [-0.25, -0.2) is 9.78 Å². The van der Waals surface area contributed by atoms with Crippen LogP contribution in [-0.2, 0) is 16.2 Å². The molecule has 2 aromatic carbocycles. The molecule has 3 rings (SSSR count). The summed E-state index contributed by atoms with van der Waals surface area (Å²) in [5.74, 6) is 0.720. The van der Waals surface area contributed by atoms with Crippen molar-refractivity contribution in [2.24, 2.45) is 5.16 Å². The summed E-state index contributed by atoms with van der Waals surface area (Å²) in [6, 6.07) is 15.0. The van der Waals surface area contributed by atoms with Crippen molar-refractivity contribution in [3.8, 4) is 17.2 Å². The summed E-state index contributed by atoms with van der Waals surface area (Å²) in [5.41, 5.74) is 4.42. The molecule has 0 aliphatic rings. The van der Waals surface area contributed by atoms with Crippen molar-refractivity contribution in [1.82, 2.24) is 4.98 Å². The fraction of sp³-hybridized carbons (Fsp3) is 0.261. The predicted molar refractivity (Wildman–Crippen MR) is 113 cm³/mol. The molecule has 0 atom stereocenters. The fourth-order valence-electron chi connectivity index (χ4n) is 2.76. The average Bonchev–Trinajstić information content (AvgIpc) is 3.11. The minimum Gasteiger partial charge on any atom is -0.482 e. The number of rotatable bonds is 9. The first kappa shape index (κ1) is 21.1. The molecule has 7 nitrogen and oxygen atoms in total. The Labute approximate surface area is 175 Å². The van der Waals surface area contributed by atoms with Crippen molar-refractivity contribution in [2.45, 2.75) is 33.8 Å². The van der Waals surface area contributed by atoms with Gasteiger partial charge in [-0.05, 0) is 62.2 Å². The van der Waals surface area contributed by atoms with E-state index in [-0.39, 0.29) is 13.2 Å². The number of carbonyl (C=O) groups is 1. The van der Waals surface area contributed by atoms with Crippen LogP contribution < -0.4 is 4.74 Å². The van der Waals surface area contributed by atoms with Crippen molar-refractivity contribution >= 4 is 11.7 Å². The predicted octanol–water partition coefficient (Wildman–Crippen LogP) is 4.75. The Morgan fingerprint density at radius 2 is 1.80 bits per heavy atom. The molecule has 0 amide bonds. The van der Waals surface area contributed by atoms with Gasteiger partial charge in [0.25, 0.3) is 0 Å². The molecule has 30 heavy (non-hydrogen) atoms. The van der Waals surface area contributed by atoms with Crippen LogP contribution in [0.2, 0.25) is 0 Å². The molecule has 156 valence electrons. The number of oxazole rings is 1. The van der Waals surface area contributed by atoms with Crippen molar-refractivity contribution in [1.29, 1.82) is 0 Å². The molecule has 0 unspecified atom stereocenters. The summed E-state index contributed by atoms with van der Waals surface area (Å²) < 4.78 is 10.9. The number of oxime groups is 1. The first-order valence-electron chi connectivity index (χ1n) is 9.63. The number of hydrogen-bond acceptors (Lipinski definition) is 6. The topological polar surface area (TPSA) is 94.2 Å². The Hall–Kier alpha value is -3.61. The number of aryl methyl sites for hydroxylation is 2. The lowest BCUT2D eigenvalue weighted by atomic mass is 10.1. The molecule has 1 heterocycles. The van der Waals surface area contributed by atoms with Crippen LogP contribution in [0.15, 0.2) is 58.1 Å². The first-order valence-corrected chi connectivity index (χ1v) is 9.63. The fourth-order valence-corrected chi connectivity index (χ4v) is 2.76. The van der Waals surface area contributed by atoms with Gasteiger partial charge in [0.1, 0.15) is 17.2 Å². The molecule has 0 aliphatic heterocycles. The Balaban J connectivity index is 1.64. The Bertz CT molecular complexity index is 1020. The molecule has 3 aromatic rings. The highest BCUT2D eigenvalue weighted by atomic mass is 16.6. The third-order valence-electron chi connectivity index (χ3n) is 4.45. The molecule has 0 fully saturated rings. The molecule has 1 aromatic heterocycles. The lowest BCUT2D eigenvalue weighted by Gasteiger charge is -2.07. The van der Waals surface area contributed by atoms with Crippen LogP contribution >= 0.6 is 0 Å². The first-order chi connectivity index (χ1) is 14.5. The maximum Gasteiger partial charge on any atom is 0.341 e. The van der Waals surface area contributed by atoms with Gasteiger partial charge in [-0.15, -0.1) is 0 Å². The van der Waals surface area contributed by atoms with E-state index in [9.17, 15) is 4.79 Å². The zero-order chi connectivity index (χ0) is 21.5. The van der Waals surface area contributed by atoms with E-state index in [1.165, 1.54) is 5.56 Å². The van der Waals surface area contributed by atoms with Gasteiger partial charge in [-0.1, -0.05) is 29.8 Å². The summed E-state index contributed by atoms with van der Waals surface area (Å²) in [4.78, 5) is 20.6. The van der Waals surface area contributed by atoms with E-state index in [4.69, 9.17) is 19.1 Å². The largest absolute Gasteiger partial charge is 0.482 e. The molecular weight excluding hydrogens is 384 g/mol. The molecular formula is C23H24N2O5. The van der Waals surface area contributed by atoms with Crippen molar-refractivity contribution in [2.75, 3.05) is 6.61 Å². The number of benzene rings is 2. The van der Waals surface area contributed by atoms with Crippen molar-refractivity contribution < 1.29 is 23.9 Å². The van der Waals surface area contributed by atoms with Crippen molar-refractivity contribution in [3.05, 3.63) is 71.1 Å². The smallest absolute Gasteiger partial charge is 0.341 e. The third kappa shape index (κ3) is 5.47. The summed E-state index contributed by atoms with van der Waals surface area (Å²) >= 11 is 0. The number of carboxylic acid groups (broad SMARTS) is 1. The average molecular weight is 408 g/mol. The van der Waals surface area contributed by atoms with E-state index in [2.05, 4.69) is 10.1 Å². The van der Waals surface area contributed by atoms with Crippen LogP contribution in [0.1, 0.15) is 35.9 Å². The number of aromatic nitrogens is 1. The minimum absolute atomic E-state index is 0.199. The second kappa shape index (κ2) is 9.73. The highest BCUT2D eigenvalue weighted by molar-refractivity contribution is 6.00. The molecule has 0 bridgehead atoms. The number of ether oxygens (including phenoxy) is 1. The molecule has 0 spiro atoms. The summed E-state index contributed by atoms with van der Waals surface area (Å²) in [6.07, 6.45) is 0.668. The number of nitrogens with zero attached hydrogens (tertiary/aromatic N) is 2. The van der Waals surface area contributed by atoms with Crippen LogP contribution in [0.4, 0.5) is 0 Å². The Kier molecular flexibility index (Phi) is 6.85. The second-order valence-electron chi connectivity index (χ2n) is 6.76.